The fourth-order valence-electron chi connectivity index (χ4n) is 3.11. The Morgan fingerprint density at radius 2 is 1.66 bits per heavy atom. The maximum atomic E-state index is 13.1. The standard InChI is InChI=1S/C21H14F4N4O3/c1-29(16-15(17(30)18(16)31)26-14-8-6-13(22)7-9-14)10-11-2-4-12(5-3-11)19-27-20(32-28-19)21(23,24)25/h2-9,26H,10H2,1H3. The predicted molar refractivity (Wildman–Crippen MR) is 108 cm³/mol. The number of hydrogen-bond donors (Lipinski definition) is 1. The lowest BCUT2D eigenvalue weighted by molar-refractivity contribution is -0.159. The molecular weight excluding hydrogens is 432 g/mol. The smallest absolute Gasteiger partial charge is 0.365 e. The summed E-state index contributed by atoms with van der Waals surface area (Å²) in [4.78, 5) is 29.0. The van der Waals surface area contributed by atoms with Crippen molar-refractivity contribution in [2.75, 3.05) is 17.3 Å². The van der Waals surface area contributed by atoms with Crippen LogP contribution >= 0.6 is 0 Å². The number of anilines is 3. The van der Waals surface area contributed by atoms with Crippen LogP contribution < -0.4 is 21.1 Å². The topological polar surface area (TPSA) is 88.3 Å². The molecule has 0 saturated heterocycles. The summed E-state index contributed by atoms with van der Waals surface area (Å²) >= 11 is 0. The van der Waals surface area contributed by atoms with Gasteiger partial charge >= 0.3 is 12.1 Å². The second-order valence-electron chi connectivity index (χ2n) is 6.99. The van der Waals surface area contributed by atoms with Crippen LogP contribution in [0.3, 0.4) is 0 Å². The lowest BCUT2D eigenvalue weighted by Crippen LogP contribution is -2.40. The molecule has 164 valence electrons. The number of halogens is 4. The van der Waals surface area contributed by atoms with Crippen molar-refractivity contribution in [3.8, 4) is 11.4 Å². The molecule has 4 aromatic rings. The van der Waals surface area contributed by atoms with Crippen LogP contribution in [-0.4, -0.2) is 17.2 Å². The number of benzene rings is 2. The first-order valence-electron chi connectivity index (χ1n) is 9.21. The summed E-state index contributed by atoms with van der Waals surface area (Å²) in [6.45, 7) is 0.239. The Bertz CT molecular complexity index is 1320. The fourth-order valence-corrected chi connectivity index (χ4v) is 3.11. The Kier molecular flexibility index (Phi) is 5.25. The van der Waals surface area contributed by atoms with E-state index in [1.165, 1.54) is 36.4 Å². The first-order chi connectivity index (χ1) is 15.1. The van der Waals surface area contributed by atoms with Crippen LogP contribution in [0, 0.1) is 5.82 Å². The molecule has 0 aliphatic carbocycles. The summed E-state index contributed by atoms with van der Waals surface area (Å²) in [5, 5.41) is 6.16. The Morgan fingerprint density at radius 1 is 1.00 bits per heavy atom. The van der Waals surface area contributed by atoms with Gasteiger partial charge in [0.2, 0.25) is 5.82 Å². The third kappa shape index (κ3) is 4.09. The molecular formula is C21H14F4N4O3. The third-order valence-electron chi connectivity index (χ3n) is 4.68. The zero-order valence-corrected chi connectivity index (χ0v) is 16.4. The summed E-state index contributed by atoms with van der Waals surface area (Å²) in [7, 11) is 1.62. The summed E-state index contributed by atoms with van der Waals surface area (Å²) in [5.74, 6) is -2.07. The van der Waals surface area contributed by atoms with E-state index in [1.54, 1.807) is 24.1 Å². The molecule has 0 fully saturated rings. The van der Waals surface area contributed by atoms with Crippen molar-refractivity contribution in [3.05, 3.63) is 86.2 Å². The van der Waals surface area contributed by atoms with Crippen molar-refractivity contribution in [3.63, 3.8) is 0 Å². The van der Waals surface area contributed by atoms with Crippen molar-refractivity contribution in [2.24, 2.45) is 0 Å². The van der Waals surface area contributed by atoms with E-state index in [9.17, 15) is 27.2 Å². The maximum absolute atomic E-state index is 13.1. The van der Waals surface area contributed by atoms with Crippen LogP contribution in [0.5, 0.6) is 0 Å². The van der Waals surface area contributed by atoms with E-state index in [0.29, 0.717) is 11.3 Å². The molecule has 32 heavy (non-hydrogen) atoms. The number of nitrogens with one attached hydrogen (secondary N) is 1. The van der Waals surface area contributed by atoms with Gasteiger partial charge in [-0.1, -0.05) is 29.4 Å². The SMILES string of the molecule is CN(Cc1ccc(-c2noc(C(F)(F)F)n2)cc1)c1c(Nc2ccc(F)cc2)c(=O)c1=O. The molecule has 1 N–H and O–H groups in total. The number of alkyl halides is 3. The summed E-state index contributed by atoms with van der Waals surface area (Å²) in [6.07, 6.45) is -4.73. The minimum Gasteiger partial charge on any atom is -0.365 e. The van der Waals surface area contributed by atoms with Crippen molar-refractivity contribution >= 4 is 17.1 Å². The minimum absolute atomic E-state index is 0.104. The number of nitrogens with zero attached hydrogens (tertiary/aromatic N) is 3. The molecule has 4 rings (SSSR count). The zero-order chi connectivity index (χ0) is 23.0. The fraction of sp³-hybridized carbons (Fsp3) is 0.143. The molecule has 0 unspecified atom stereocenters. The van der Waals surface area contributed by atoms with Crippen LogP contribution in [0.4, 0.5) is 34.6 Å². The van der Waals surface area contributed by atoms with Crippen molar-refractivity contribution in [1.29, 1.82) is 0 Å². The van der Waals surface area contributed by atoms with Gasteiger partial charge in [-0.3, -0.25) is 9.59 Å². The molecule has 0 atom stereocenters. The van der Waals surface area contributed by atoms with Gasteiger partial charge in [0.05, 0.1) is 0 Å². The van der Waals surface area contributed by atoms with E-state index >= 15 is 0 Å². The summed E-state index contributed by atoms with van der Waals surface area (Å²) < 4.78 is 55.1. The van der Waals surface area contributed by atoms with Crippen LogP contribution in [0.2, 0.25) is 0 Å². The van der Waals surface area contributed by atoms with E-state index in [1.807, 2.05) is 0 Å². The molecule has 0 bridgehead atoms. The largest absolute Gasteiger partial charge is 0.471 e. The molecule has 0 amide bonds. The molecule has 0 spiro atoms. The molecule has 1 heterocycles. The van der Waals surface area contributed by atoms with E-state index in [4.69, 9.17) is 0 Å². The van der Waals surface area contributed by atoms with Gasteiger partial charge in [0.25, 0.3) is 10.9 Å². The van der Waals surface area contributed by atoms with Crippen LogP contribution in [0.15, 0.2) is 62.6 Å². The maximum Gasteiger partial charge on any atom is 0.471 e. The molecule has 3 aromatic carbocycles. The Labute approximate surface area is 177 Å². The lowest BCUT2D eigenvalue weighted by Gasteiger charge is -2.23. The van der Waals surface area contributed by atoms with E-state index in [2.05, 4.69) is 20.0 Å². The Hall–Kier alpha value is -4.02. The molecule has 1 aromatic heterocycles. The summed E-state index contributed by atoms with van der Waals surface area (Å²) in [6, 6.07) is 11.6. The van der Waals surface area contributed by atoms with Gasteiger partial charge in [0.1, 0.15) is 17.2 Å². The normalized spacial score (nSPS) is 11.7. The molecule has 0 aliphatic heterocycles. The number of rotatable bonds is 6. The van der Waals surface area contributed by atoms with E-state index in [-0.39, 0.29) is 23.7 Å². The average molecular weight is 446 g/mol. The highest BCUT2D eigenvalue weighted by Crippen LogP contribution is 2.30. The first kappa shape index (κ1) is 21.2. The first-order valence-corrected chi connectivity index (χ1v) is 9.21. The lowest BCUT2D eigenvalue weighted by atomic mass is 10.1. The van der Waals surface area contributed by atoms with Gasteiger partial charge in [-0.2, -0.15) is 18.2 Å². The van der Waals surface area contributed by atoms with E-state index < -0.39 is 28.7 Å². The Morgan fingerprint density at radius 3 is 2.25 bits per heavy atom. The highest BCUT2D eigenvalue weighted by molar-refractivity contribution is 5.79. The van der Waals surface area contributed by atoms with Crippen LogP contribution in [0.25, 0.3) is 11.4 Å². The van der Waals surface area contributed by atoms with E-state index in [0.717, 1.165) is 5.56 Å². The van der Waals surface area contributed by atoms with Gasteiger partial charge in [-0.15, -0.1) is 0 Å². The number of hydrogen-bond acceptors (Lipinski definition) is 7. The van der Waals surface area contributed by atoms with Gasteiger partial charge < -0.3 is 14.7 Å². The quantitative estimate of drug-likeness (QED) is 0.355. The number of aromatic nitrogens is 2. The molecule has 7 nitrogen and oxygen atoms in total. The molecule has 0 saturated carbocycles. The van der Waals surface area contributed by atoms with Crippen molar-refractivity contribution in [2.45, 2.75) is 12.7 Å². The molecule has 0 radical (unpaired) electrons. The molecule has 11 heteroatoms. The van der Waals surface area contributed by atoms with Gasteiger partial charge in [-0.05, 0) is 29.8 Å². The van der Waals surface area contributed by atoms with Crippen molar-refractivity contribution in [1.82, 2.24) is 10.1 Å². The minimum atomic E-state index is -4.73. The van der Waals surface area contributed by atoms with Crippen LogP contribution in [0.1, 0.15) is 11.5 Å². The van der Waals surface area contributed by atoms with Gasteiger partial charge in [0, 0.05) is 24.8 Å². The predicted octanol–water partition coefficient (Wildman–Crippen LogP) is 3.87. The van der Waals surface area contributed by atoms with Gasteiger partial charge in [-0.25, -0.2) is 4.39 Å². The molecule has 0 aliphatic rings. The zero-order valence-electron chi connectivity index (χ0n) is 16.4. The second-order valence-corrected chi connectivity index (χ2v) is 6.99. The third-order valence-corrected chi connectivity index (χ3v) is 4.68. The highest BCUT2D eigenvalue weighted by atomic mass is 19.4. The average Bonchev–Trinajstić information content (AvgIpc) is 3.26. The Balaban J connectivity index is 1.49. The van der Waals surface area contributed by atoms with Crippen LogP contribution in [-0.2, 0) is 12.7 Å². The highest BCUT2D eigenvalue weighted by Gasteiger charge is 2.38. The van der Waals surface area contributed by atoms with Crippen molar-refractivity contribution < 1.29 is 22.1 Å². The second kappa shape index (κ2) is 7.91. The summed E-state index contributed by atoms with van der Waals surface area (Å²) in [5.41, 5.74) is 0.448. The van der Waals surface area contributed by atoms with Gasteiger partial charge in [0.15, 0.2) is 0 Å². The monoisotopic (exact) mass is 446 g/mol.